The lowest BCUT2D eigenvalue weighted by molar-refractivity contribution is 0.219. The Morgan fingerprint density at radius 3 is 2.65 bits per heavy atom. The Kier molecular flexibility index (Phi) is 4.18. The van der Waals surface area contributed by atoms with E-state index in [9.17, 15) is 0 Å². The highest BCUT2D eigenvalue weighted by molar-refractivity contribution is 5.30. The molecule has 3 heteroatoms. The SMILES string of the molecule is CCc1ccc(C(NN)C2=COCCC2)cc1. The maximum Gasteiger partial charge on any atom is 0.0876 e. The summed E-state index contributed by atoms with van der Waals surface area (Å²) in [4.78, 5) is 0. The van der Waals surface area contributed by atoms with E-state index in [2.05, 4.69) is 36.6 Å². The summed E-state index contributed by atoms with van der Waals surface area (Å²) in [5, 5.41) is 0. The van der Waals surface area contributed by atoms with Crippen LogP contribution in [0.3, 0.4) is 0 Å². The molecule has 1 heterocycles. The minimum Gasteiger partial charge on any atom is -0.501 e. The van der Waals surface area contributed by atoms with Crippen molar-refractivity contribution < 1.29 is 4.74 Å². The minimum atomic E-state index is 0.0706. The zero-order chi connectivity index (χ0) is 12.1. The van der Waals surface area contributed by atoms with Gasteiger partial charge in [0, 0.05) is 0 Å². The second kappa shape index (κ2) is 5.84. The molecule has 0 bridgehead atoms. The van der Waals surface area contributed by atoms with Gasteiger partial charge in [-0.2, -0.15) is 0 Å². The predicted octanol–water partition coefficient (Wildman–Crippen LogP) is 2.45. The van der Waals surface area contributed by atoms with E-state index in [1.54, 1.807) is 0 Å². The third-order valence-corrected chi connectivity index (χ3v) is 3.22. The van der Waals surface area contributed by atoms with E-state index < -0.39 is 0 Å². The molecule has 1 aromatic rings. The van der Waals surface area contributed by atoms with Crippen LogP contribution >= 0.6 is 0 Å². The lowest BCUT2D eigenvalue weighted by Crippen LogP contribution is -2.30. The van der Waals surface area contributed by atoms with Gasteiger partial charge in [-0.1, -0.05) is 31.2 Å². The average molecular weight is 232 g/mol. The fourth-order valence-electron chi connectivity index (χ4n) is 2.16. The summed E-state index contributed by atoms with van der Waals surface area (Å²) in [5.74, 6) is 5.66. The Morgan fingerprint density at radius 1 is 1.35 bits per heavy atom. The van der Waals surface area contributed by atoms with E-state index in [4.69, 9.17) is 10.6 Å². The first-order valence-corrected chi connectivity index (χ1v) is 6.20. The number of ether oxygens (including phenoxy) is 1. The highest BCUT2D eigenvalue weighted by atomic mass is 16.5. The first-order chi connectivity index (χ1) is 8.35. The number of hydrazine groups is 1. The van der Waals surface area contributed by atoms with Crippen molar-refractivity contribution in [3.63, 3.8) is 0 Å². The van der Waals surface area contributed by atoms with Gasteiger partial charge in [0.25, 0.3) is 0 Å². The monoisotopic (exact) mass is 232 g/mol. The van der Waals surface area contributed by atoms with E-state index in [0.717, 1.165) is 25.9 Å². The molecular formula is C14H20N2O. The van der Waals surface area contributed by atoms with Gasteiger partial charge >= 0.3 is 0 Å². The highest BCUT2D eigenvalue weighted by Gasteiger charge is 2.17. The van der Waals surface area contributed by atoms with Crippen molar-refractivity contribution in [3.8, 4) is 0 Å². The third-order valence-electron chi connectivity index (χ3n) is 3.22. The smallest absolute Gasteiger partial charge is 0.0876 e. The van der Waals surface area contributed by atoms with Gasteiger partial charge in [0.2, 0.25) is 0 Å². The molecule has 1 unspecified atom stereocenters. The van der Waals surface area contributed by atoms with Crippen LogP contribution in [0.15, 0.2) is 36.1 Å². The van der Waals surface area contributed by atoms with Crippen LogP contribution in [0.25, 0.3) is 0 Å². The zero-order valence-corrected chi connectivity index (χ0v) is 10.3. The quantitative estimate of drug-likeness (QED) is 0.619. The molecule has 1 atom stereocenters. The van der Waals surface area contributed by atoms with Crippen molar-refractivity contribution in [2.24, 2.45) is 5.84 Å². The fraction of sp³-hybridized carbons (Fsp3) is 0.429. The molecule has 17 heavy (non-hydrogen) atoms. The van der Waals surface area contributed by atoms with Crippen LogP contribution in [-0.4, -0.2) is 6.61 Å². The number of hydrogen-bond acceptors (Lipinski definition) is 3. The van der Waals surface area contributed by atoms with E-state index in [0.29, 0.717) is 0 Å². The van der Waals surface area contributed by atoms with Crippen LogP contribution in [0.1, 0.15) is 36.9 Å². The van der Waals surface area contributed by atoms with Crippen LogP contribution in [0.4, 0.5) is 0 Å². The summed E-state index contributed by atoms with van der Waals surface area (Å²) in [6.07, 6.45) is 5.02. The zero-order valence-electron chi connectivity index (χ0n) is 10.3. The third kappa shape index (κ3) is 2.87. The van der Waals surface area contributed by atoms with Crippen LogP contribution in [0, 0.1) is 0 Å². The topological polar surface area (TPSA) is 47.3 Å². The minimum absolute atomic E-state index is 0.0706. The molecule has 92 valence electrons. The average Bonchev–Trinajstić information content (AvgIpc) is 2.42. The summed E-state index contributed by atoms with van der Waals surface area (Å²) in [7, 11) is 0. The Labute approximate surface area is 103 Å². The van der Waals surface area contributed by atoms with E-state index in [-0.39, 0.29) is 6.04 Å². The second-order valence-electron chi connectivity index (χ2n) is 4.36. The molecule has 0 spiro atoms. The number of benzene rings is 1. The molecule has 0 saturated carbocycles. The molecule has 0 radical (unpaired) electrons. The van der Waals surface area contributed by atoms with E-state index >= 15 is 0 Å². The molecule has 1 aromatic carbocycles. The molecule has 0 aliphatic carbocycles. The summed E-state index contributed by atoms with van der Waals surface area (Å²) in [5.41, 5.74) is 6.64. The van der Waals surface area contributed by atoms with Gasteiger partial charge in [-0.15, -0.1) is 0 Å². The Hall–Kier alpha value is -1.32. The second-order valence-corrected chi connectivity index (χ2v) is 4.36. The lowest BCUT2D eigenvalue weighted by Gasteiger charge is -2.23. The Bertz CT molecular complexity index is 384. The Balaban J connectivity index is 2.18. The molecule has 2 rings (SSSR count). The van der Waals surface area contributed by atoms with Gasteiger partial charge in [0.15, 0.2) is 0 Å². The first kappa shape index (κ1) is 12.1. The van der Waals surface area contributed by atoms with E-state index in [1.165, 1.54) is 16.7 Å². The van der Waals surface area contributed by atoms with Crippen molar-refractivity contribution >= 4 is 0 Å². The molecule has 1 aliphatic heterocycles. The first-order valence-electron chi connectivity index (χ1n) is 6.20. The normalized spacial score (nSPS) is 17.2. The van der Waals surface area contributed by atoms with Gasteiger partial charge in [0.05, 0.1) is 18.9 Å². The molecular weight excluding hydrogens is 212 g/mol. The number of nitrogens with one attached hydrogen (secondary N) is 1. The van der Waals surface area contributed by atoms with Crippen LogP contribution in [0.5, 0.6) is 0 Å². The standard InChI is InChI=1S/C14H20N2O/c1-2-11-5-7-12(8-6-11)14(16-15)13-4-3-9-17-10-13/h5-8,10,14,16H,2-4,9,15H2,1H3. The number of rotatable bonds is 4. The molecule has 0 amide bonds. The van der Waals surface area contributed by atoms with Crippen LogP contribution in [-0.2, 0) is 11.2 Å². The van der Waals surface area contributed by atoms with Gasteiger partial charge < -0.3 is 4.74 Å². The predicted molar refractivity (Wildman–Crippen MR) is 69.2 cm³/mol. The summed E-state index contributed by atoms with van der Waals surface area (Å²) < 4.78 is 5.37. The summed E-state index contributed by atoms with van der Waals surface area (Å²) in [6, 6.07) is 8.66. The van der Waals surface area contributed by atoms with Crippen molar-refractivity contribution in [3.05, 3.63) is 47.2 Å². The maximum atomic E-state index is 5.66. The highest BCUT2D eigenvalue weighted by Crippen LogP contribution is 2.27. The van der Waals surface area contributed by atoms with Gasteiger partial charge in [-0.05, 0) is 36.0 Å². The van der Waals surface area contributed by atoms with Crippen molar-refractivity contribution in [1.29, 1.82) is 0 Å². The van der Waals surface area contributed by atoms with Crippen molar-refractivity contribution in [1.82, 2.24) is 5.43 Å². The van der Waals surface area contributed by atoms with Crippen LogP contribution < -0.4 is 11.3 Å². The summed E-state index contributed by atoms with van der Waals surface area (Å²) >= 11 is 0. The van der Waals surface area contributed by atoms with Crippen molar-refractivity contribution in [2.75, 3.05) is 6.61 Å². The van der Waals surface area contributed by atoms with Gasteiger partial charge in [-0.25, -0.2) is 5.43 Å². The molecule has 0 aromatic heterocycles. The number of nitrogens with two attached hydrogens (primary N) is 1. The lowest BCUT2D eigenvalue weighted by atomic mass is 9.95. The molecule has 0 saturated heterocycles. The molecule has 3 N–H and O–H groups in total. The largest absolute Gasteiger partial charge is 0.501 e. The van der Waals surface area contributed by atoms with E-state index in [1.807, 2.05) is 6.26 Å². The summed E-state index contributed by atoms with van der Waals surface area (Å²) in [6.45, 7) is 2.97. The van der Waals surface area contributed by atoms with Gasteiger partial charge in [-0.3, -0.25) is 5.84 Å². The molecule has 1 aliphatic rings. The molecule has 0 fully saturated rings. The van der Waals surface area contributed by atoms with Gasteiger partial charge in [0.1, 0.15) is 0 Å². The maximum absolute atomic E-state index is 5.66. The van der Waals surface area contributed by atoms with Crippen molar-refractivity contribution in [2.45, 2.75) is 32.2 Å². The van der Waals surface area contributed by atoms with Crippen LogP contribution in [0.2, 0.25) is 0 Å². The number of hydrogen-bond donors (Lipinski definition) is 2. The molecule has 3 nitrogen and oxygen atoms in total. The number of aryl methyl sites for hydroxylation is 1. The Morgan fingerprint density at radius 2 is 2.12 bits per heavy atom. The fourth-order valence-corrected chi connectivity index (χ4v) is 2.16.